The summed E-state index contributed by atoms with van der Waals surface area (Å²) >= 11 is 0. The van der Waals surface area contributed by atoms with Crippen molar-refractivity contribution in [2.45, 2.75) is 46.1 Å². The van der Waals surface area contributed by atoms with Crippen LogP contribution >= 0.6 is 0 Å². The van der Waals surface area contributed by atoms with E-state index in [1.54, 1.807) is 0 Å². The summed E-state index contributed by atoms with van der Waals surface area (Å²) < 4.78 is 0. The predicted molar refractivity (Wildman–Crippen MR) is 55.6 cm³/mol. The zero-order chi connectivity index (χ0) is 10.1. The summed E-state index contributed by atoms with van der Waals surface area (Å²) in [6.45, 7) is 6.83. The van der Waals surface area contributed by atoms with Gasteiger partial charge in [0.05, 0.1) is 0 Å². The minimum atomic E-state index is 0.110. The van der Waals surface area contributed by atoms with Crippen LogP contribution in [0, 0.1) is 16.7 Å². The highest BCUT2D eigenvalue weighted by atomic mass is 15.1. The zero-order valence-electron chi connectivity index (χ0n) is 8.85. The van der Waals surface area contributed by atoms with Gasteiger partial charge in [0.15, 0.2) is 5.96 Å². The molecule has 0 heterocycles. The number of hydrogen-bond donors (Lipinski definition) is 3. The number of rotatable bonds is 2. The fourth-order valence-electron chi connectivity index (χ4n) is 2.11. The van der Waals surface area contributed by atoms with Gasteiger partial charge >= 0.3 is 0 Å². The second-order valence-corrected chi connectivity index (χ2v) is 5.36. The number of nitrogens with one attached hydrogen (secondary N) is 2. The van der Waals surface area contributed by atoms with Gasteiger partial charge in [0.25, 0.3) is 0 Å². The molecule has 0 atom stereocenters. The van der Waals surface area contributed by atoms with Crippen molar-refractivity contribution in [2.75, 3.05) is 0 Å². The molecule has 4 N–H and O–H groups in total. The van der Waals surface area contributed by atoms with Crippen LogP contribution in [0.5, 0.6) is 0 Å². The first-order valence-corrected chi connectivity index (χ1v) is 4.97. The van der Waals surface area contributed by atoms with Gasteiger partial charge in [-0.05, 0) is 30.6 Å². The first-order valence-electron chi connectivity index (χ1n) is 4.97. The Hall–Kier alpha value is -0.730. The molecule has 0 aromatic rings. The molecule has 0 radical (unpaired) electrons. The standard InChI is InChI=1S/C10H21N3/c1-10(2,3)6-7-4-8(5-7)13-9(11)12/h7-8H,4-6H2,1-3H3,(H4,11,12,13). The maximum absolute atomic E-state index is 7.07. The summed E-state index contributed by atoms with van der Waals surface area (Å²) in [5.74, 6) is 0.941. The van der Waals surface area contributed by atoms with Crippen molar-refractivity contribution in [1.82, 2.24) is 5.32 Å². The second-order valence-electron chi connectivity index (χ2n) is 5.36. The van der Waals surface area contributed by atoms with Gasteiger partial charge in [-0.25, -0.2) is 0 Å². The largest absolute Gasteiger partial charge is 0.370 e. The van der Waals surface area contributed by atoms with Crippen LogP contribution in [0.4, 0.5) is 0 Å². The number of nitrogens with two attached hydrogens (primary N) is 1. The monoisotopic (exact) mass is 183 g/mol. The number of guanidine groups is 1. The molecule has 0 aromatic heterocycles. The Kier molecular flexibility index (Phi) is 2.84. The van der Waals surface area contributed by atoms with Crippen LogP contribution in [0.1, 0.15) is 40.0 Å². The average Bonchev–Trinajstić information content (AvgIpc) is 1.78. The third-order valence-corrected chi connectivity index (χ3v) is 2.50. The molecule has 3 nitrogen and oxygen atoms in total. The van der Waals surface area contributed by atoms with Crippen molar-refractivity contribution >= 4 is 5.96 Å². The molecular weight excluding hydrogens is 162 g/mol. The average molecular weight is 183 g/mol. The van der Waals surface area contributed by atoms with E-state index in [1.165, 1.54) is 19.3 Å². The van der Waals surface area contributed by atoms with Crippen molar-refractivity contribution in [2.24, 2.45) is 17.1 Å². The lowest BCUT2D eigenvalue weighted by molar-refractivity contribution is 0.170. The number of hydrogen-bond acceptors (Lipinski definition) is 1. The minimum Gasteiger partial charge on any atom is -0.370 e. The molecule has 0 bridgehead atoms. The molecule has 13 heavy (non-hydrogen) atoms. The highest BCUT2D eigenvalue weighted by molar-refractivity contribution is 5.74. The summed E-state index contributed by atoms with van der Waals surface area (Å²) in [6, 6.07) is 0.463. The fourth-order valence-corrected chi connectivity index (χ4v) is 2.11. The third-order valence-electron chi connectivity index (χ3n) is 2.50. The van der Waals surface area contributed by atoms with Gasteiger partial charge < -0.3 is 11.1 Å². The first kappa shape index (κ1) is 10.4. The lowest BCUT2D eigenvalue weighted by Gasteiger charge is -2.39. The van der Waals surface area contributed by atoms with Crippen LogP contribution in [0.3, 0.4) is 0 Å². The van der Waals surface area contributed by atoms with E-state index >= 15 is 0 Å². The molecule has 1 saturated carbocycles. The van der Waals surface area contributed by atoms with Gasteiger partial charge in [0, 0.05) is 6.04 Å². The van der Waals surface area contributed by atoms with Gasteiger partial charge in [-0.3, -0.25) is 5.41 Å². The smallest absolute Gasteiger partial charge is 0.185 e. The summed E-state index contributed by atoms with van der Waals surface area (Å²) in [6.07, 6.45) is 3.64. The van der Waals surface area contributed by atoms with Crippen LogP contribution in [0.15, 0.2) is 0 Å². The van der Waals surface area contributed by atoms with E-state index in [2.05, 4.69) is 26.1 Å². The van der Waals surface area contributed by atoms with E-state index in [4.69, 9.17) is 11.1 Å². The van der Waals surface area contributed by atoms with Crippen LogP contribution in [0.25, 0.3) is 0 Å². The lowest BCUT2D eigenvalue weighted by atomic mass is 9.71. The SMILES string of the molecule is CC(C)(C)CC1CC(NC(=N)N)C1. The molecule has 0 unspecified atom stereocenters. The topological polar surface area (TPSA) is 61.9 Å². The van der Waals surface area contributed by atoms with E-state index in [0.717, 1.165) is 5.92 Å². The van der Waals surface area contributed by atoms with E-state index < -0.39 is 0 Å². The first-order chi connectivity index (χ1) is 5.87. The van der Waals surface area contributed by atoms with Gasteiger partial charge in [0.1, 0.15) is 0 Å². The third kappa shape index (κ3) is 3.66. The molecule has 3 heteroatoms. The molecule has 0 aliphatic heterocycles. The molecule has 0 amide bonds. The summed E-state index contributed by atoms with van der Waals surface area (Å²) in [7, 11) is 0. The van der Waals surface area contributed by atoms with Crippen LogP contribution in [-0.2, 0) is 0 Å². The Labute approximate surface area is 80.6 Å². The maximum atomic E-state index is 7.07. The van der Waals surface area contributed by atoms with Crippen LogP contribution in [0.2, 0.25) is 0 Å². The Morgan fingerprint density at radius 3 is 2.38 bits per heavy atom. The van der Waals surface area contributed by atoms with Crippen molar-refractivity contribution in [3.05, 3.63) is 0 Å². The molecule has 1 aliphatic carbocycles. The van der Waals surface area contributed by atoms with Gasteiger partial charge in [-0.2, -0.15) is 0 Å². The lowest BCUT2D eigenvalue weighted by Crippen LogP contribution is -2.47. The maximum Gasteiger partial charge on any atom is 0.185 e. The van der Waals surface area contributed by atoms with Crippen molar-refractivity contribution < 1.29 is 0 Å². The van der Waals surface area contributed by atoms with Crippen molar-refractivity contribution in [3.63, 3.8) is 0 Å². The summed E-state index contributed by atoms with van der Waals surface area (Å²) in [5, 5.41) is 10.0. The van der Waals surface area contributed by atoms with Gasteiger partial charge in [-0.1, -0.05) is 20.8 Å². The summed E-state index contributed by atoms with van der Waals surface area (Å²) in [5.41, 5.74) is 5.68. The second kappa shape index (κ2) is 3.56. The fraction of sp³-hybridized carbons (Fsp3) is 0.900. The van der Waals surface area contributed by atoms with E-state index in [-0.39, 0.29) is 5.96 Å². The van der Waals surface area contributed by atoms with Gasteiger partial charge in [0.2, 0.25) is 0 Å². The minimum absolute atomic E-state index is 0.110. The zero-order valence-corrected chi connectivity index (χ0v) is 8.85. The Balaban J connectivity index is 2.15. The summed E-state index contributed by atoms with van der Waals surface area (Å²) in [4.78, 5) is 0. The Morgan fingerprint density at radius 2 is 2.00 bits per heavy atom. The van der Waals surface area contributed by atoms with Crippen molar-refractivity contribution in [1.29, 1.82) is 5.41 Å². The Bertz CT molecular complexity index is 187. The van der Waals surface area contributed by atoms with E-state index in [0.29, 0.717) is 11.5 Å². The van der Waals surface area contributed by atoms with Crippen molar-refractivity contribution in [3.8, 4) is 0 Å². The van der Waals surface area contributed by atoms with Crippen LogP contribution in [-0.4, -0.2) is 12.0 Å². The molecule has 1 aliphatic rings. The van der Waals surface area contributed by atoms with E-state index in [1.807, 2.05) is 0 Å². The predicted octanol–water partition coefficient (Wildman–Crippen LogP) is 1.68. The Morgan fingerprint density at radius 1 is 1.46 bits per heavy atom. The molecule has 1 rings (SSSR count). The molecule has 0 spiro atoms. The molecule has 76 valence electrons. The molecule has 1 fully saturated rings. The van der Waals surface area contributed by atoms with Gasteiger partial charge in [-0.15, -0.1) is 0 Å². The quantitative estimate of drug-likeness (QED) is 0.450. The van der Waals surface area contributed by atoms with E-state index in [9.17, 15) is 0 Å². The van der Waals surface area contributed by atoms with Crippen LogP contribution < -0.4 is 11.1 Å². The highest BCUT2D eigenvalue weighted by Gasteiger charge is 2.31. The normalized spacial score (nSPS) is 27.9. The molecule has 0 saturated heterocycles. The molecular formula is C10H21N3. The molecule has 0 aromatic carbocycles. The highest BCUT2D eigenvalue weighted by Crippen LogP contribution is 2.37.